The second kappa shape index (κ2) is 4.72. The van der Waals surface area contributed by atoms with E-state index in [1.807, 2.05) is 12.1 Å². The molecule has 0 heterocycles. The molecule has 0 aliphatic heterocycles. The summed E-state index contributed by atoms with van der Waals surface area (Å²) < 4.78 is 5.44. The number of rotatable bonds is 3. The third-order valence-electron chi connectivity index (χ3n) is 2.26. The van der Waals surface area contributed by atoms with Gasteiger partial charge in [-0.05, 0) is 30.0 Å². The third-order valence-corrected chi connectivity index (χ3v) is 2.26. The highest BCUT2D eigenvalue weighted by molar-refractivity contribution is 5.40. The topological polar surface area (TPSA) is 9.23 Å². The highest BCUT2D eigenvalue weighted by atomic mass is 16.5. The van der Waals surface area contributed by atoms with E-state index in [-0.39, 0.29) is 0 Å². The van der Waals surface area contributed by atoms with Crippen LogP contribution >= 0.6 is 0 Å². The van der Waals surface area contributed by atoms with E-state index in [0.29, 0.717) is 12.5 Å². The van der Waals surface area contributed by atoms with Crippen LogP contribution in [-0.4, -0.2) is 6.61 Å². The normalized spacial score (nSPS) is 9.93. The van der Waals surface area contributed by atoms with E-state index in [0.717, 1.165) is 5.75 Å². The zero-order chi connectivity index (χ0) is 10.6. The number of ether oxygens (including phenoxy) is 1. The Morgan fingerprint density at radius 1 is 1.43 bits per heavy atom. The molecule has 1 rings (SSSR count). The zero-order valence-electron chi connectivity index (χ0n) is 9.00. The standard InChI is InChI=1S/C13H16O/c1-5-9-14-13-8-6-7-12(10(2)3)11(13)4/h1,6-8,10H,9H2,2-4H3. The summed E-state index contributed by atoms with van der Waals surface area (Å²) in [5.41, 5.74) is 2.51. The summed E-state index contributed by atoms with van der Waals surface area (Å²) in [7, 11) is 0. The van der Waals surface area contributed by atoms with Crippen molar-refractivity contribution < 1.29 is 4.74 Å². The van der Waals surface area contributed by atoms with Crippen molar-refractivity contribution in [2.24, 2.45) is 0 Å². The summed E-state index contributed by atoms with van der Waals surface area (Å²) >= 11 is 0. The molecule has 0 aromatic heterocycles. The van der Waals surface area contributed by atoms with Crippen LogP contribution in [-0.2, 0) is 0 Å². The molecule has 0 amide bonds. The Morgan fingerprint density at radius 3 is 2.71 bits per heavy atom. The van der Waals surface area contributed by atoms with Crippen LogP contribution in [0, 0.1) is 19.3 Å². The largest absolute Gasteiger partial charge is 0.481 e. The Bertz CT molecular complexity index is 345. The van der Waals surface area contributed by atoms with Crippen molar-refractivity contribution in [2.45, 2.75) is 26.7 Å². The van der Waals surface area contributed by atoms with Crippen LogP contribution in [0.1, 0.15) is 30.9 Å². The Kier molecular flexibility index (Phi) is 3.59. The van der Waals surface area contributed by atoms with Crippen molar-refractivity contribution >= 4 is 0 Å². The van der Waals surface area contributed by atoms with Crippen LogP contribution in [0.3, 0.4) is 0 Å². The fourth-order valence-corrected chi connectivity index (χ4v) is 1.53. The summed E-state index contributed by atoms with van der Waals surface area (Å²) in [6.07, 6.45) is 5.15. The number of benzene rings is 1. The van der Waals surface area contributed by atoms with Crippen molar-refractivity contribution in [3.05, 3.63) is 29.3 Å². The predicted molar refractivity (Wildman–Crippen MR) is 59.6 cm³/mol. The average Bonchev–Trinajstić information content (AvgIpc) is 2.16. The van der Waals surface area contributed by atoms with Gasteiger partial charge in [-0.1, -0.05) is 31.9 Å². The highest BCUT2D eigenvalue weighted by Crippen LogP contribution is 2.26. The lowest BCUT2D eigenvalue weighted by atomic mass is 9.97. The van der Waals surface area contributed by atoms with E-state index in [2.05, 4.69) is 32.8 Å². The van der Waals surface area contributed by atoms with Gasteiger partial charge in [0.1, 0.15) is 12.4 Å². The summed E-state index contributed by atoms with van der Waals surface area (Å²) in [5.74, 6) is 3.89. The van der Waals surface area contributed by atoms with Crippen molar-refractivity contribution in [2.75, 3.05) is 6.61 Å². The second-order valence-corrected chi connectivity index (χ2v) is 3.62. The van der Waals surface area contributed by atoms with E-state index < -0.39 is 0 Å². The molecule has 74 valence electrons. The van der Waals surface area contributed by atoms with Gasteiger partial charge < -0.3 is 4.74 Å². The Labute approximate surface area is 86.1 Å². The first-order chi connectivity index (χ1) is 6.66. The maximum Gasteiger partial charge on any atom is 0.148 e. The summed E-state index contributed by atoms with van der Waals surface area (Å²) in [4.78, 5) is 0. The molecule has 0 aliphatic carbocycles. The van der Waals surface area contributed by atoms with E-state index in [1.54, 1.807) is 0 Å². The van der Waals surface area contributed by atoms with Gasteiger partial charge in [-0.2, -0.15) is 0 Å². The first-order valence-corrected chi connectivity index (χ1v) is 4.82. The Morgan fingerprint density at radius 2 is 2.14 bits per heavy atom. The number of hydrogen-bond donors (Lipinski definition) is 0. The molecule has 0 saturated carbocycles. The van der Waals surface area contributed by atoms with Crippen LogP contribution in [0.4, 0.5) is 0 Å². The van der Waals surface area contributed by atoms with Gasteiger partial charge in [0.2, 0.25) is 0 Å². The summed E-state index contributed by atoms with van der Waals surface area (Å²) in [6, 6.07) is 6.09. The van der Waals surface area contributed by atoms with Crippen LogP contribution in [0.25, 0.3) is 0 Å². The fourth-order valence-electron chi connectivity index (χ4n) is 1.53. The molecule has 0 fully saturated rings. The maximum atomic E-state index is 5.44. The first kappa shape index (κ1) is 10.7. The summed E-state index contributed by atoms with van der Waals surface area (Å²) in [6.45, 7) is 6.75. The van der Waals surface area contributed by atoms with Gasteiger partial charge in [0, 0.05) is 0 Å². The monoisotopic (exact) mass is 188 g/mol. The first-order valence-electron chi connectivity index (χ1n) is 4.82. The molecule has 0 spiro atoms. The lowest BCUT2D eigenvalue weighted by molar-refractivity contribution is 0.367. The summed E-state index contributed by atoms with van der Waals surface area (Å²) in [5, 5.41) is 0. The van der Waals surface area contributed by atoms with Gasteiger partial charge in [-0.25, -0.2) is 0 Å². The molecule has 0 aliphatic rings. The molecule has 0 saturated heterocycles. The van der Waals surface area contributed by atoms with Gasteiger partial charge in [-0.15, -0.1) is 6.42 Å². The number of hydrogen-bond acceptors (Lipinski definition) is 1. The Hall–Kier alpha value is -1.42. The van der Waals surface area contributed by atoms with Gasteiger partial charge in [-0.3, -0.25) is 0 Å². The molecule has 1 aromatic rings. The van der Waals surface area contributed by atoms with Gasteiger partial charge >= 0.3 is 0 Å². The molecule has 14 heavy (non-hydrogen) atoms. The minimum Gasteiger partial charge on any atom is -0.481 e. The molecular formula is C13H16O. The average molecular weight is 188 g/mol. The highest BCUT2D eigenvalue weighted by Gasteiger charge is 2.07. The van der Waals surface area contributed by atoms with Crippen LogP contribution in [0.2, 0.25) is 0 Å². The molecule has 0 atom stereocenters. The minimum atomic E-state index is 0.336. The molecular weight excluding hydrogens is 172 g/mol. The minimum absolute atomic E-state index is 0.336. The molecule has 1 nitrogen and oxygen atoms in total. The van der Waals surface area contributed by atoms with E-state index in [1.165, 1.54) is 11.1 Å². The second-order valence-electron chi connectivity index (χ2n) is 3.62. The van der Waals surface area contributed by atoms with Crippen LogP contribution in [0.15, 0.2) is 18.2 Å². The third kappa shape index (κ3) is 2.29. The lowest BCUT2D eigenvalue weighted by Crippen LogP contribution is -1.99. The predicted octanol–water partition coefficient (Wildman–Crippen LogP) is 3.13. The van der Waals surface area contributed by atoms with Gasteiger partial charge in [0.25, 0.3) is 0 Å². The van der Waals surface area contributed by atoms with Crippen molar-refractivity contribution in [1.82, 2.24) is 0 Å². The quantitative estimate of drug-likeness (QED) is 0.662. The molecule has 0 unspecified atom stereocenters. The van der Waals surface area contributed by atoms with E-state index in [9.17, 15) is 0 Å². The smallest absolute Gasteiger partial charge is 0.148 e. The molecule has 1 aromatic carbocycles. The number of terminal acetylenes is 1. The van der Waals surface area contributed by atoms with Gasteiger partial charge in [0.15, 0.2) is 0 Å². The van der Waals surface area contributed by atoms with Crippen LogP contribution < -0.4 is 4.74 Å². The Balaban J connectivity index is 2.96. The molecule has 1 heteroatoms. The fraction of sp³-hybridized carbons (Fsp3) is 0.385. The molecule has 0 bridgehead atoms. The van der Waals surface area contributed by atoms with E-state index in [4.69, 9.17) is 11.2 Å². The van der Waals surface area contributed by atoms with Crippen molar-refractivity contribution in [1.29, 1.82) is 0 Å². The molecule has 0 N–H and O–H groups in total. The SMILES string of the molecule is C#CCOc1cccc(C(C)C)c1C. The maximum absolute atomic E-state index is 5.44. The zero-order valence-corrected chi connectivity index (χ0v) is 9.00. The van der Waals surface area contributed by atoms with Gasteiger partial charge in [0.05, 0.1) is 0 Å². The lowest BCUT2D eigenvalue weighted by Gasteiger charge is -2.13. The van der Waals surface area contributed by atoms with Crippen LogP contribution in [0.5, 0.6) is 5.75 Å². The molecule has 0 radical (unpaired) electrons. The van der Waals surface area contributed by atoms with E-state index >= 15 is 0 Å². The van der Waals surface area contributed by atoms with Crippen molar-refractivity contribution in [3.63, 3.8) is 0 Å². The van der Waals surface area contributed by atoms with Crippen molar-refractivity contribution in [3.8, 4) is 18.1 Å².